The van der Waals surface area contributed by atoms with Crippen LogP contribution in [0.15, 0.2) is 48.5 Å². The van der Waals surface area contributed by atoms with Crippen LogP contribution in [0.5, 0.6) is 5.75 Å². The molecule has 0 spiro atoms. The van der Waals surface area contributed by atoms with Crippen molar-refractivity contribution < 1.29 is 9.90 Å². The first-order valence-electron chi connectivity index (χ1n) is 9.24. The number of phenolic OH excluding ortho intramolecular Hbond substituents is 1. The maximum Gasteiger partial charge on any atom is 0.227 e. The topological polar surface area (TPSA) is 56.7 Å². The third-order valence-electron chi connectivity index (χ3n) is 5.10. The highest BCUT2D eigenvalue weighted by Gasteiger charge is 2.29. The average molecular weight is 382 g/mol. The summed E-state index contributed by atoms with van der Waals surface area (Å²) >= 11 is 1.69. The van der Waals surface area contributed by atoms with Crippen LogP contribution in [-0.4, -0.2) is 41.0 Å². The molecule has 1 saturated heterocycles. The van der Waals surface area contributed by atoms with Gasteiger partial charge < -0.3 is 14.9 Å². The molecule has 1 N–H and O–H groups in total. The average Bonchev–Trinajstić information content (AvgIpc) is 3.13. The standard InChI is InChI=1S/C21H23N3O2S/c1-23(13-15-7-2-4-10-18(15)25)20(26)16-8-6-12-24(14-16)21-22-17-9-3-5-11-19(17)27-21/h2-5,7,9-11,16,25H,6,8,12-14H2,1H3. The number of amides is 1. The smallest absolute Gasteiger partial charge is 0.227 e. The molecule has 4 rings (SSSR count). The monoisotopic (exact) mass is 381 g/mol. The lowest BCUT2D eigenvalue weighted by Crippen LogP contribution is -2.43. The van der Waals surface area contributed by atoms with Gasteiger partial charge in [-0.05, 0) is 31.0 Å². The van der Waals surface area contributed by atoms with E-state index >= 15 is 0 Å². The quantitative estimate of drug-likeness (QED) is 0.745. The fraction of sp³-hybridized carbons (Fsp3) is 0.333. The highest BCUT2D eigenvalue weighted by molar-refractivity contribution is 7.22. The number of carbonyl (C=O) groups excluding carboxylic acids is 1. The molecule has 3 aromatic rings. The number of aromatic nitrogens is 1. The van der Waals surface area contributed by atoms with Gasteiger partial charge in [0.05, 0.1) is 16.1 Å². The van der Waals surface area contributed by atoms with Crippen molar-refractivity contribution in [3.05, 3.63) is 54.1 Å². The van der Waals surface area contributed by atoms with Crippen LogP contribution in [0, 0.1) is 5.92 Å². The van der Waals surface area contributed by atoms with Gasteiger partial charge in [0.1, 0.15) is 5.75 Å². The van der Waals surface area contributed by atoms with Crippen molar-refractivity contribution in [2.24, 2.45) is 5.92 Å². The molecular formula is C21H23N3O2S. The lowest BCUT2D eigenvalue weighted by molar-refractivity contribution is -0.135. The lowest BCUT2D eigenvalue weighted by atomic mass is 9.97. The first-order valence-corrected chi connectivity index (χ1v) is 10.1. The summed E-state index contributed by atoms with van der Waals surface area (Å²) in [6.07, 6.45) is 1.88. The van der Waals surface area contributed by atoms with E-state index in [9.17, 15) is 9.90 Å². The van der Waals surface area contributed by atoms with Gasteiger partial charge in [-0.3, -0.25) is 4.79 Å². The SMILES string of the molecule is CN(Cc1ccccc1O)C(=O)C1CCCN(c2nc3ccccc3s2)C1. The van der Waals surface area contributed by atoms with E-state index in [-0.39, 0.29) is 17.6 Å². The van der Waals surface area contributed by atoms with Gasteiger partial charge in [0.2, 0.25) is 5.91 Å². The number of hydrogen-bond acceptors (Lipinski definition) is 5. The highest BCUT2D eigenvalue weighted by Crippen LogP contribution is 2.32. The minimum Gasteiger partial charge on any atom is -0.508 e. The number of carbonyl (C=O) groups is 1. The summed E-state index contributed by atoms with van der Waals surface area (Å²) in [7, 11) is 1.81. The second-order valence-electron chi connectivity index (χ2n) is 7.07. The van der Waals surface area contributed by atoms with Crippen molar-refractivity contribution in [1.29, 1.82) is 0 Å². The molecule has 140 valence electrons. The van der Waals surface area contributed by atoms with E-state index in [1.165, 1.54) is 4.70 Å². The van der Waals surface area contributed by atoms with E-state index in [4.69, 9.17) is 4.98 Å². The second kappa shape index (κ2) is 7.56. The number of aromatic hydroxyl groups is 1. The zero-order valence-corrected chi connectivity index (χ0v) is 16.2. The number of nitrogens with zero attached hydrogens (tertiary/aromatic N) is 3. The Kier molecular flexibility index (Phi) is 4.99. The molecule has 0 bridgehead atoms. The van der Waals surface area contributed by atoms with Gasteiger partial charge in [-0.1, -0.05) is 41.7 Å². The Labute approximate surface area is 162 Å². The first kappa shape index (κ1) is 17.8. The van der Waals surface area contributed by atoms with E-state index < -0.39 is 0 Å². The van der Waals surface area contributed by atoms with Gasteiger partial charge in [0.15, 0.2) is 5.13 Å². The molecule has 6 heteroatoms. The molecule has 1 aromatic heterocycles. The van der Waals surface area contributed by atoms with Crippen LogP contribution >= 0.6 is 11.3 Å². The fourth-order valence-electron chi connectivity index (χ4n) is 3.64. The summed E-state index contributed by atoms with van der Waals surface area (Å²) in [5.41, 5.74) is 1.79. The van der Waals surface area contributed by atoms with Crippen molar-refractivity contribution in [2.45, 2.75) is 19.4 Å². The van der Waals surface area contributed by atoms with Gasteiger partial charge in [-0.15, -0.1) is 0 Å². The van der Waals surface area contributed by atoms with E-state index in [0.717, 1.165) is 35.6 Å². The predicted octanol–water partition coefficient (Wildman–Crippen LogP) is 3.88. The minimum atomic E-state index is -0.0402. The van der Waals surface area contributed by atoms with Crippen LogP contribution in [0.4, 0.5) is 5.13 Å². The molecule has 0 saturated carbocycles. The molecule has 1 atom stereocenters. The van der Waals surface area contributed by atoms with E-state index in [0.29, 0.717) is 13.1 Å². The summed E-state index contributed by atoms with van der Waals surface area (Å²) in [4.78, 5) is 21.7. The zero-order valence-electron chi connectivity index (χ0n) is 15.3. The molecule has 2 heterocycles. The van der Waals surface area contributed by atoms with Gasteiger partial charge >= 0.3 is 0 Å². The van der Waals surface area contributed by atoms with Crippen molar-refractivity contribution in [3.63, 3.8) is 0 Å². The van der Waals surface area contributed by atoms with Crippen LogP contribution < -0.4 is 4.90 Å². The maximum absolute atomic E-state index is 13.0. The number of benzene rings is 2. The van der Waals surface area contributed by atoms with Gasteiger partial charge in [0, 0.05) is 32.2 Å². The number of piperidine rings is 1. The molecule has 5 nitrogen and oxygen atoms in total. The highest BCUT2D eigenvalue weighted by atomic mass is 32.1. The van der Waals surface area contributed by atoms with Gasteiger partial charge in [0.25, 0.3) is 0 Å². The molecular weight excluding hydrogens is 358 g/mol. The molecule has 0 aliphatic carbocycles. The minimum absolute atomic E-state index is 0.0402. The molecule has 1 fully saturated rings. The first-order chi connectivity index (χ1) is 13.1. The Balaban J connectivity index is 1.45. The van der Waals surface area contributed by atoms with Crippen molar-refractivity contribution in [1.82, 2.24) is 9.88 Å². The molecule has 0 radical (unpaired) electrons. The molecule has 27 heavy (non-hydrogen) atoms. The molecule has 1 aliphatic heterocycles. The summed E-state index contributed by atoms with van der Waals surface area (Å²) in [5.74, 6) is 0.322. The number of anilines is 1. The Hall–Kier alpha value is -2.60. The van der Waals surface area contributed by atoms with Crippen LogP contribution in [0.25, 0.3) is 10.2 Å². The van der Waals surface area contributed by atoms with Crippen molar-refractivity contribution in [3.8, 4) is 5.75 Å². The Morgan fingerprint density at radius 2 is 2.04 bits per heavy atom. The predicted molar refractivity (Wildman–Crippen MR) is 109 cm³/mol. The van der Waals surface area contributed by atoms with Crippen LogP contribution in [0.1, 0.15) is 18.4 Å². The van der Waals surface area contributed by atoms with Gasteiger partial charge in [-0.2, -0.15) is 0 Å². The number of fused-ring (bicyclic) bond motifs is 1. The Bertz CT molecular complexity index is 922. The summed E-state index contributed by atoms with van der Waals surface area (Å²) in [6, 6.07) is 15.3. The maximum atomic E-state index is 13.0. The second-order valence-corrected chi connectivity index (χ2v) is 8.08. The van der Waals surface area contributed by atoms with Crippen molar-refractivity contribution in [2.75, 3.05) is 25.0 Å². The normalized spacial score (nSPS) is 17.2. The number of rotatable bonds is 4. The Morgan fingerprint density at radius 3 is 2.85 bits per heavy atom. The number of thiazole rings is 1. The van der Waals surface area contributed by atoms with Gasteiger partial charge in [-0.25, -0.2) is 4.98 Å². The third kappa shape index (κ3) is 3.76. The van der Waals surface area contributed by atoms with Crippen LogP contribution in [0.3, 0.4) is 0 Å². The molecule has 1 aliphatic rings. The zero-order chi connectivity index (χ0) is 18.8. The van der Waals surface area contributed by atoms with Crippen molar-refractivity contribution >= 4 is 32.6 Å². The van der Waals surface area contributed by atoms with E-state index in [1.807, 2.05) is 37.4 Å². The molecule has 2 aromatic carbocycles. The van der Waals surface area contributed by atoms with E-state index in [1.54, 1.807) is 28.4 Å². The molecule has 1 amide bonds. The van der Waals surface area contributed by atoms with Crippen LogP contribution in [-0.2, 0) is 11.3 Å². The summed E-state index contributed by atoms with van der Waals surface area (Å²) in [5, 5.41) is 11.0. The summed E-state index contributed by atoms with van der Waals surface area (Å²) < 4.78 is 1.18. The number of hydrogen-bond donors (Lipinski definition) is 1. The van der Waals surface area contributed by atoms with E-state index in [2.05, 4.69) is 11.0 Å². The van der Waals surface area contributed by atoms with Crippen LogP contribution in [0.2, 0.25) is 0 Å². The third-order valence-corrected chi connectivity index (χ3v) is 6.20. The molecule has 1 unspecified atom stereocenters. The fourth-order valence-corrected chi connectivity index (χ4v) is 4.64. The largest absolute Gasteiger partial charge is 0.508 e. The Morgan fingerprint density at radius 1 is 1.26 bits per heavy atom. The number of phenols is 1. The number of para-hydroxylation sites is 2. The summed E-state index contributed by atoms with van der Waals surface area (Å²) in [6.45, 7) is 2.06. The lowest BCUT2D eigenvalue weighted by Gasteiger charge is -2.33.